The minimum Gasteiger partial charge on any atom is -0.331 e. The molecule has 0 radical (unpaired) electrons. The molecule has 0 fully saturated rings. The summed E-state index contributed by atoms with van der Waals surface area (Å²) >= 11 is 1.59. The van der Waals surface area contributed by atoms with Crippen molar-refractivity contribution in [2.75, 3.05) is 5.32 Å². The Bertz CT molecular complexity index is 576. The maximum Gasteiger partial charge on any atom is 0.320 e. The van der Waals surface area contributed by atoms with Gasteiger partial charge in [0.05, 0.1) is 12.2 Å². The summed E-state index contributed by atoms with van der Waals surface area (Å²) in [7, 11) is 0. The number of hydrogen-bond donors (Lipinski definition) is 2. The second-order valence-corrected chi connectivity index (χ2v) is 5.33. The molecule has 0 aliphatic heterocycles. The molecule has 0 aliphatic rings. The molecular formula is C12H15N5OS. The second kappa shape index (κ2) is 5.75. The van der Waals surface area contributed by atoms with Gasteiger partial charge in [0.25, 0.3) is 0 Å². The van der Waals surface area contributed by atoms with E-state index >= 15 is 0 Å². The lowest BCUT2D eigenvalue weighted by Crippen LogP contribution is -2.28. The van der Waals surface area contributed by atoms with Crippen molar-refractivity contribution < 1.29 is 4.79 Å². The number of aryl methyl sites for hydroxylation is 3. The van der Waals surface area contributed by atoms with Gasteiger partial charge in [-0.25, -0.2) is 19.7 Å². The third kappa shape index (κ3) is 3.72. The molecule has 0 atom stereocenters. The molecule has 0 saturated heterocycles. The summed E-state index contributed by atoms with van der Waals surface area (Å²) in [6, 6.07) is 1.34. The van der Waals surface area contributed by atoms with E-state index < -0.39 is 0 Å². The smallest absolute Gasteiger partial charge is 0.320 e. The van der Waals surface area contributed by atoms with Crippen molar-refractivity contribution in [1.82, 2.24) is 20.3 Å². The number of aromatic nitrogens is 3. The number of carbonyl (C=O) groups excluding carboxylic acids is 1. The minimum atomic E-state index is -0.302. The molecular weight excluding hydrogens is 262 g/mol. The fraction of sp³-hybridized carbons (Fsp3) is 0.333. The molecule has 2 amide bonds. The summed E-state index contributed by atoms with van der Waals surface area (Å²) in [5.74, 6) is 1.10. The molecule has 6 nitrogen and oxygen atoms in total. The van der Waals surface area contributed by atoms with E-state index in [1.54, 1.807) is 30.5 Å². The van der Waals surface area contributed by atoms with Gasteiger partial charge in [0.15, 0.2) is 0 Å². The van der Waals surface area contributed by atoms with Crippen LogP contribution in [-0.2, 0) is 6.54 Å². The van der Waals surface area contributed by atoms with Crippen LogP contribution >= 0.6 is 11.3 Å². The molecule has 100 valence electrons. The normalized spacial score (nSPS) is 10.3. The highest BCUT2D eigenvalue weighted by Crippen LogP contribution is 2.15. The number of rotatable bonds is 3. The third-order valence-corrected chi connectivity index (χ3v) is 3.56. The highest BCUT2D eigenvalue weighted by atomic mass is 32.1. The first kappa shape index (κ1) is 13.4. The molecule has 2 aromatic heterocycles. The Morgan fingerprint density at radius 2 is 2.11 bits per heavy atom. The van der Waals surface area contributed by atoms with Crippen LogP contribution in [0.4, 0.5) is 10.6 Å². The number of anilines is 1. The molecule has 0 unspecified atom stereocenters. The molecule has 0 aliphatic carbocycles. The number of nitrogens with zero attached hydrogens (tertiary/aromatic N) is 3. The quantitative estimate of drug-likeness (QED) is 0.901. The van der Waals surface area contributed by atoms with Crippen molar-refractivity contribution in [3.05, 3.63) is 33.7 Å². The average molecular weight is 277 g/mol. The Hall–Kier alpha value is -2.02. The topological polar surface area (TPSA) is 79.8 Å². The number of amides is 2. The summed E-state index contributed by atoms with van der Waals surface area (Å²) in [4.78, 5) is 25.3. The number of carbonyl (C=O) groups is 1. The number of thiazole rings is 1. The molecule has 0 aromatic carbocycles. The second-order valence-electron chi connectivity index (χ2n) is 4.05. The fourth-order valence-electron chi connectivity index (χ4n) is 1.46. The maximum atomic E-state index is 11.7. The average Bonchev–Trinajstić information content (AvgIpc) is 2.66. The van der Waals surface area contributed by atoms with Gasteiger partial charge in [-0.2, -0.15) is 0 Å². The van der Waals surface area contributed by atoms with Gasteiger partial charge < -0.3 is 5.32 Å². The fourth-order valence-corrected chi connectivity index (χ4v) is 2.33. The SMILES string of the molecule is Cc1nccc(NC(=O)NCc2nc(C)c(C)s2)n1. The van der Waals surface area contributed by atoms with Crippen LogP contribution < -0.4 is 10.6 Å². The van der Waals surface area contributed by atoms with E-state index in [0.717, 1.165) is 10.7 Å². The van der Waals surface area contributed by atoms with E-state index in [0.29, 0.717) is 18.2 Å². The van der Waals surface area contributed by atoms with Crippen molar-refractivity contribution in [3.63, 3.8) is 0 Å². The zero-order valence-corrected chi connectivity index (χ0v) is 11.8. The summed E-state index contributed by atoms with van der Waals surface area (Å²) in [5, 5.41) is 6.29. The van der Waals surface area contributed by atoms with Crippen LogP contribution in [0.3, 0.4) is 0 Å². The monoisotopic (exact) mass is 277 g/mol. The summed E-state index contributed by atoms with van der Waals surface area (Å²) in [6.45, 7) is 6.15. The molecule has 19 heavy (non-hydrogen) atoms. The van der Waals surface area contributed by atoms with Crippen molar-refractivity contribution in [1.29, 1.82) is 0 Å². The highest BCUT2D eigenvalue weighted by molar-refractivity contribution is 7.11. The first-order valence-corrected chi connectivity index (χ1v) is 6.63. The molecule has 0 spiro atoms. The van der Waals surface area contributed by atoms with E-state index in [9.17, 15) is 4.79 Å². The van der Waals surface area contributed by atoms with Crippen LogP contribution in [0.2, 0.25) is 0 Å². The van der Waals surface area contributed by atoms with Crippen molar-refractivity contribution in [3.8, 4) is 0 Å². The molecule has 2 rings (SSSR count). The zero-order chi connectivity index (χ0) is 13.8. The first-order valence-electron chi connectivity index (χ1n) is 5.82. The van der Waals surface area contributed by atoms with E-state index in [1.165, 1.54) is 4.88 Å². The van der Waals surface area contributed by atoms with Gasteiger partial charge in [-0.3, -0.25) is 5.32 Å². The van der Waals surface area contributed by atoms with Crippen LogP contribution in [0, 0.1) is 20.8 Å². The molecule has 0 bridgehead atoms. The van der Waals surface area contributed by atoms with Crippen molar-refractivity contribution in [2.24, 2.45) is 0 Å². The van der Waals surface area contributed by atoms with Crippen LogP contribution in [0.25, 0.3) is 0 Å². The molecule has 0 saturated carbocycles. The first-order chi connectivity index (χ1) is 9.04. The van der Waals surface area contributed by atoms with Gasteiger partial charge in [0, 0.05) is 11.1 Å². The van der Waals surface area contributed by atoms with Crippen molar-refractivity contribution >= 4 is 23.2 Å². The zero-order valence-electron chi connectivity index (χ0n) is 11.0. The Kier molecular flexibility index (Phi) is 4.06. The van der Waals surface area contributed by atoms with Gasteiger partial charge in [-0.15, -0.1) is 11.3 Å². The van der Waals surface area contributed by atoms with Gasteiger partial charge >= 0.3 is 6.03 Å². The predicted octanol–water partition coefficient (Wildman–Crippen LogP) is 2.18. The molecule has 2 N–H and O–H groups in total. The highest BCUT2D eigenvalue weighted by Gasteiger charge is 2.06. The number of hydrogen-bond acceptors (Lipinski definition) is 5. The third-order valence-electron chi connectivity index (χ3n) is 2.49. The molecule has 2 aromatic rings. The summed E-state index contributed by atoms with van der Waals surface area (Å²) in [5.41, 5.74) is 1.01. The van der Waals surface area contributed by atoms with Gasteiger partial charge in [-0.05, 0) is 26.8 Å². The van der Waals surface area contributed by atoms with Gasteiger partial charge in [0.1, 0.15) is 16.6 Å². The minimum absolute atomic E-state index is 0.302. The van der Waals surface area contributed by atoms with E-state index in [-0.39, 0.29) is 6.03 Å². The largest absolute Gasteiger partial charge is 0.331 e. The Labute approximate surface area is 115 Å². The van der Waals surface area contributed by atoms with Crippen LogP contribution in [-0.4, -0.2) is 21.0 Å². The lowest BCUT2D eigenvalue weighted by atomic mass is 10.4. The maximum absolute atomic E-state index is 11.7. The van der Waals surface area contributed by atoms with Crippen LogP contribution in [0.1, 0.15) is 21.4 Å². The lowest BCUT2D eigenvalue weighted by molar-refractivity contribution is 0.251. The molecule has 2 heterocycles. The Morgan fingerprint density at radius 1 is 1.32 bits per heavy atom. The predicted molar refractivity (Wildman–Crippen MR) is 74.2 cm³/mol. The van der Waals surface area contributed by atoms with Gasteiger partial charge in [0.2, 0.25) is 0 Å². The number of urea groups is 1. The van der Waals surface area contributed by atoms with E-state index in [4.69, 9.17) is 0 Å². The standard InChI is InChI=1S/C12H15N5OS/c1-7-8(2)19-11(15-7)6-14-12(18)17-10-4-5-13-9(3)16-10/h4-5H,6H2,1-3H3,(H2,13,14,16,17,18). The Morgan fingerprint density at radius 3 is 2.74 bits per heavy atom. The lowest BCUT2D eigenvalue weighted by Gasteiger charge is -2.05. The van der Waals surface area contributed by atoms with Crippen LogP contribution in [0.5, 0.6) is 0 Å². The van der Waals surface area contributed by atoms with Crippen molar-refractivity contribution in [2.45, 2.75) is 27.3 Å². The van der Waals surface area contributed by atoms with Crippen LogP contribution in [0.15, 0.2) is 12.3 Å². The van der Waals surface area contributed by atoms with E-state index in [1.807, 2.05) is 13.8 Å². The summed E-state index contributed by atoms with van der Waals surface area (Å²) < 4.78 is 0. The number of nitrogens with one attached hydrogen (secondary N) is 2. The summed E-state index contributed by atoms with van der Waals surface area (Å²) in [6.07, 6.45) is 1.60. The van der Waals surface area contributed by atoms with Gasteiger partial charge in [-0.1, -0.05) is 0 Å². The van der Waals surface area contributed by atoms with E-state index in [2.05, 4.69) is 25.6 Å². The molecule has 7 heteroatoms. The Balaban J connectivity index is 1.88.